The van der Waals surface area contributed by atoms with Crippen LogP contribution in [0.15, 0.2) is 48.5 Å². The first-order valence-electron chi connectivity index (χ1n) is 9.24. The third-order valence-corrected chi connectivity index (χ3v) is 6.05. The maximum Gasteiger partial charge on any atom is 0.255 e. The molecule has 4 rings (SSSR count). The number of carbonyl (C=O) groups is 2. The van der Waals surface area contributed by atoms with E-state index < -0.39 is 0 Å². The Morgan fingerprint density at radius 3 is 2.04 bits per heavy atom. The van der Waals surface area contributed by atoms with Crippen molar-refractivity contribution in [3.63, 3.8) is 0 Å². The van der Waals surface area contributed by atoms with Crippen molar-refractivity contribution in [1.29, 1.82) is 0 Å². The number of anilines is 2. The summed E-state index contributed by atoms with van der Waals surface area (Å²) in [5, 5.41) is 6.38. The minimum atomic E-state index is -0.212. The quantitative estimate of drug-likeness (QED) is 0.689. The van der Waals surface area contributed by atoms with Crippen molar-refractivity contribution in [2.45, 2.75) is 25.3 Å². The second-order valence-electron chi connectivity index (χ2n) is 7.46. The van der Waals surface area contributed by atoms with Gasteiger partial charge in [0, 0.05) is 28.0 Å². The van der Waals surface area contributed by atoms with E-state index in [9.17, 15) is 9.59 Å². The van der Waals surface area contributed by atoms with Crippen LogP contribution in [0.2, 0.25) is 5.02 Å². The number of nitrogens with two attached hydrogens (primary N) is 1. The fraction of sp³-hybridized carbons (Fsp3) is 0.333. The average molecular weight is 420 g/mol. The molecule has 2 amide bonds. The highest BCUT2D eigenvalue weighted by Gasteiger charge is 2.49. The van der Waals surface area contributed by atoms with Crippen LogP contribution in [0.4, 0.5) is 11.4 Å². The van der Waals surface area contributed by atoms with Crippen molar-refractivity contribution in [3.05, 3.63) is 59.1 Å². The molecule has 2 fully saturated rings. The molecule has 2 aromatic rings. The third-order valence-electron chi connectivity index (χ3n) is 5.80. The van der Waals surface area contributed by atoms with Crippen molar-refractivity contribution in [3.8, 4) is 0 Å². The van der Waals surface area contributed by atoms with E-state index in [1.165, 1.54) is 0 Å². The van der Waals surface area contributed by atoms with E-state index in [4.69, 9.17) is 17.3 Å². The summed E-state index contributed by atoms with van der Waals surface area (Å²) in [7, 11) is 0. The van der Waals surface area contributed by atoms with Crippen molar-refractivity contribution >= 4 is 47.2 Å². The fourth-order valence-electron chi connectivity index (χ4n) is 4.39. The lowest BCUT2D eigenvalue weighted by Gasteiger charge is -2.27. The molecule has 5 nitrogen and oxygen atoms in total. The van der Waals surface area contributed by atoms with E-state index in [1.54, 1.807) is 48.5 Å². The highest BCUT2D eigenvalue weighted by Crippen LogP contribution is 2.47. The van der Waals surface area contributed by atoms with Gasteiger partial charge in [0.05, 0.1) is 5.92 Å². The minimum absolute atomic E-state index is 0. The number of amides is 2. The molecule has 2 aliphatic rings. The lowest BCUT2D eigenvalue weighted by atomic mass is 9.84. The van der Waals surface area contributed by atoms with E-state index in [0.29, 0.717) is 33.8 Å². The van der Waals surface area contributed by atoms with E-state index in [2.05, 4.69) is 10.6 Å². The second-order valence-corrected chi connectivity index (χ2v) is 7.90. The van der Waals surface area contributed by atoms with Crippen LogP contribution in [0.1, 0.15) is 29.6 Å². The number of hydrogen-bond acceptors (Lipinski definition) is 3. The molecule has 0 aliphatic heterocycles. The number of benzene rings is 2. The van der Waals surface area contributed by atoms with Crippen LogP contribution in [0.25, 0.3) is 0 Å². The van der Waals surface area contributed by atoms with Gasteiger partial charge in [-0.15, -0.1) is 12.4 Å². The molecule has 4 unspecified atom stereocenters. The molecule has 2 aliphatic carbocycles. The highest BCUT2D eigenvalue weighted by molar-refractivity contribution is 6.30. The van der Waals surface area contributed by atoms with Gasteiger partial charge in [-0.05, 0) is 79.6 Å². The standard InChI is InChI=1S/C21H22ClN3O2.ClH/c22-15-5-3-12(4-6-15)20(26)24-16-7-9-17(10-8-16)25-21(27)18-13-1-2-14(11-13)19(18)23;/h3-10,13-14,18-19H,1-2,11,23H2,(H,24,26)(H,25,27);1H. The van der Waals surface area contributed by atoms with Crippen molar-refractivity contribution < 1.29 is 9.59 Å². The van der Waals surface area contributed by atoms with E-state index >= 15 is 0 Å². The molecule has 2 bridgehead atoms. The van der Waals surface area contributed by atoms with Crippen molar-refractivity contribution in [2.75, 3.05) is 10.6 Å². The highest BCUT2D eigenvalue weighted by atomic mass is 35.5. The van der Waals surface area contributed by atoms with Gasteiger partial charge in [-0.2, -0.15) is 0 Å². The lowest BCUT2D eigenvalue weighted by molar-refractivity contribution is -0.121. The Kier molecular flexibility index (Phi) is 6.28. The summed E-state index contributed by atoms with van der Waals surface area (Å²) in [6.45, 7) is 0. The van der Waals surface area contributed by atoms with Gasteiger partial charge in [0.25, 0.3) is 5.91 Å². The number of halogens is 2. The third kappa shape index (κ3) is 4.17. The van der Waals surface area contributed by atoms with Crippen LogP contribution in [0.5, 0.6) is 0 Å². The van der Waals surface area contributed by atoms with Gasteiger partial charge in [0.2, 0.25) is 5.91 Å². The molecule has 4 N–H and O–H groups in total. The summed E-state index contributed by atoms with van der Waals surface area (Å²) in [4.78, 5) is 24.9. The molecule has 0 spiro atoms. The van der Waals surface area contributed by atoms with Gasteiger partial charge in [0.1, 0.15) is 0 Å². The Morgan fingerprint density at radius 1 is 0.893 bits per heavy atom. The van der Waals surface area contributed by atoms with E-state index in [-0.39, 0.29) is 36.2 Å². The number of rotatable bonds is 4. The SMILES string of the molecule is Cl.NC1C2CCC(C2)C1C(=O)Nc1ccc(NC(=O)c2ccc(Cl)cc2)cc1. The van der Waals surface area contributed by atoms with Gasteiger partial charge in [-0.1, -0.05) is 11.6 Å². The molecule has 2 aromatic carbocycles. The second kappa shape index (κ2) is 8.52. The van der Waals surface area contributed by atoms with Crippen LogP contribution >= 0.6 is 24.0 Å². The van der Waals surface area contributed by atoms with Gasteiger partial charge in [-0.3, -0.25) is 9.59 Å². The predicted octanol–water partition coefficient (Wildman–Crippen LogP) is 4.33. The maximum atomic E-state index is 12.6. The molecule has 28 heavy (non-hydrogen) atoms. The average Bonchev–Trinajstić information content (AvgIpc) is 3.25. The zero-order valence-corrected chi connectivity index (χ0v) is 16.8. The van der Waals surface area contributed by atoms with Crippen LogP contribution in [0.3, 0.4) is 0 Å². The predicted molar refractivity (Wildman–Crippen MR) is 114 cm³/mol. The molecule has 2 saturated carbocycles. The first-order valence-corrected chi connectivity index (χ1v) is 9.62. The molecule has 0 radical (unpaired) electrons. The Morgan fingerprint density at radius 2 is 1.46 bits per heavy atom. The molecular formula is C21H23Cl2N3O2. The number of nitrogens with one attached hydrogen (secondary N) is 2. The van der Waals surface area contributed by atoms with Crippen molar-refractivity contribution in [1.82, 2.24) is 0 Å². The zero-order valence-electron chi connectivity index (χ0n) is 15.2. The first kappa shape index (κ1) is 20.6. The molecule has 0 aromatic heterocycles. The monoisotopic (exact) mass is 419 g/mol. The number of hydrogen-bond donors (Lipinski definition) is 3. The summed E-state index contributed by atoms with van der Waals surface area (Å²) in [6.07, 6.45) is 3.33. The molecule has 148 valence electrons. The van der Waals surface area contributed by atoms with Crippen LogP contribution in [-0.2, 0) is 4.79 Å². The molecule has 0 saturated heterocycles. The first-order chi connectivity index (χ1) is 13.0. The molecular weight excluding hydrogens is 397 g/mol. The summed E-state index contributed by atoms with van der Waals surface area (Å²) in [6, 6.07) is 13.8. The van der Waals surface area contributed by atoms with Gasteiger partial charge < -0.3 is 16.4 Å². The molecule has 4 atom stereocenters. The summed E-state index contributed by atoms with van der Waals surface area (Å²) < 4.78 is 0. The Balaban J connectivity index is 0.00000225. The smallest absolute Gasteiger partial charge is 0.255 e. The van der Waals surface area contributed by atoms with Crippen LogP contribution < -0.4 is 16.4 Å². The van der Waals surface area contributed by atoms with E-state index in [0.717, 1.165) is 19.3 Å². The Bertz CT molecular complexity index is 853. The lowest BCUT2D eigenvalue weighted by Crippen LogP contribution is -2.42. The summed E-state index contributed by atoms with van der Waals surface area (Å²) in [5.41, 5.74) is 8.14. The number of fused-ring (bicyclic) bond motifs is 2. The normalized spacial score (nSPS) is 25.1. The van der Waals surface area contributed by atoms with Crippen molar-refractivity contribution in [2.24, 2.45) is 23.5 Å². The van der Waals surface area contributed by atoms with E-state index in [1.807, 2.05) is 0 Å². The zero-order chi connectivity index (χ0) is 19.0. The van der Waals surface area contributed by atoms with Gasteiger partial charge in [-0.25, -0.2) is 0 Å². The maximum absolute atomic E-state index is 12.6. The summed E-state index contributed by atoms with van der Waals surface area (Å²) >= 11 is 5.84. The number of carbonyl (C=O) groups excluding carboxylic acids is 2. The summed E-state index contributed by atoms with van der Waals surface area (Å²) in [5.74, 6) is 0.622. The Labute approximate surface area is 175 Å². The van der Waals surface area contributed by atoms with Crippen LogP contribution in [0, 0.1) is 17.8 Å². The van der Waals surface area contributed by atoms with Gasteiger partial charge in [0.15, 0.2) is 0 Å². The fourth-order valence-corrected chi connectivity index (χ4v) is 4.52. The molecule has 7 heteroatoms. The Hall–Kier alpha value is -2.08. The minimum Gasteiger partial charge on any atom is -0.327 e. The van der Waals surface area contributed by atoms with Crippen LogP contribution in [-0.4, -0.2) is 17.9 Å². The largest absolute Gasteiger partial charge is 0.327 e. The van der Waals surface area contributed by atoms with Gasteiger partial charge >= 0.3 is 0 Å². The molecule has 0 heterocycles. The topological polar surface area (TPSA) is 84.2 Å².